The Hall–Kier alpha value is -1.13. The van der Waals surface area contributed by atoms with Crippen LogP contribution in [-0.2, 0) is 9.53 Å². The summed E-state index contributed by atoms with van der Waals surface area (Å²) in [4.78, 5) is 13.0. The first-order chi connectivity index (χ1) is 11.9. The van der Waals surface area contributed by atoms with Crippen molar-refractivity contribution >= 4 is 5.97 Å². The van der Waals surface area contributed by atoms with Crippen molar-refractivity contribution in [1.82, 2.24) is 0 Å². The number of aliphatic hydroxyl groups excluding tert-OH is 2. The molecule has 25 heavy (non-hydrogen) atoms. The number of allylic oxidation sites excluding steroid dienone is 3. The Balaban J connectivity index is 1.60. The summed E-state index contributed by atoms with van der Waals surface area (Å²) in [6.45, 7) is 4.58. The lowest BCUT2D eigenvalue weighted by atomic mass is 9.47. The number of rotatable bonds is 0. The van der Waals surface area contributed by atoms with Crippen LogP contribution < -0.4 is 0 Å². The normalized spacial score (nSPS) is 55.3. The number of carbonyl (C=O) groups is 1. The van der Waals surface area contributed by atoms with Gasteiger partial charge in [-0.2, -0.15) is 0 Å². The van der Waals surface area contributed by atoms with Gasteiger partial charge >= 0.3 is 5.97 Å². The SMILES string of the molecule is CC=C1CCC2C3CC=C4C(O)C(O)C5CC4(C(=O)O5)C3CCC12C. The molecule has 3 saturated carbocycles. The third-order valence-corrected chi connectivity index (χ3v) is 8.56. The largest absolute Gasteiger partial charge is 0.459 e. The molecule has 5 aliphatic rings. The molecule has 1 spiro atoms. The highest BCUT2D eigenvalue weighted by molar-refractivity contribution is 5.85. The van der Waals surface area contributed by atoms with Crippen LogP contribution in [0, 0.1) is 28.6 Å². The summed E-state index contributed by atoms with van der Waals surface area (Å²) in [5.41, 5.74) is 1.95. The Bertz CT molecular complexity index is 694. The van der Waals surface area contributed by atoms with E-state index in [1.54, 1.807) is 5.57 Å². The van der Waals surface area contributed by atoms with Gasteiger partial charge in [-0.05, 0) is 67.8 Å². The first kappa shape index (κ1) is 16.1. The van der Waals surface area contributed by atoms with Gasteiger partial charge in [0.15, 0.2) is 0 Å². The predicted molar refractivity (Wildman–Crippen MR) is 92.4 cm³/mol. The van der Waals surface area contributed by atoms with E-state index in [0.717, 1.165) is 24.8 Å². The fraction of sp³-hybridized carbons (Fsp3) is 0.762. The molecule has 4 aliphatic carbocycles. The number of fused-ring (bicyclic) bond motifs is 4. The van der Waals surface area contributed by atoms with E-state index in [4.69, 9.17) is 4.74 Å². The van der Waals surface area contributed by atoms with Crippen LogP contribution in [0.1, 0.15) is 52.4 Å². The molecule has 1 heterocycles. The van der Waals surface area contributed by atoms with Crippen molar-refractivity contribution in [1.29, 1.82) is 0 Å². The third kappa shape index (κ3) is 1.73. The summed E-state index contributed by atoms with van der Waals surface area (Å²) in [5.74, 6) is 1.15. The van der Waals surface area contributed by atoms with Gasteiger partial charge in [-0.15, -0.1) is 0 Å². The van der Waals surface area contributed by atoms with Gasteiger partial charge < -0.3 is 14.9 Å². The zero-order valence-electron chi connectivity index (χ0n) is 15.1. The van der Waals surface area contributed by atoms with E-state index in [9.17, 15) is 15.0 Å². The maximum atomic E-state index is 13.0. The maximum Gasteiger partial charge on any atom is 0.317 e. The molecule has 4 fully saturated rings. The van der Waals surface area contributed by atoms with Crippen molar-refractivity contribution in [3.63, 3.8) is 0 Å². The monoisotopic (exact) mass is 344 g/mol. The van der Waals surface area contributed by atoms with Crippen LogP contribution in [0.15, 0.2) is 23.3 Å². The van der Waals surface area contributed by atoms with Gasteiger partial charge in [-0.1, -0.05) is 24.6 Å². The minimum atomic E-state index is -0.975. The van der Waals surface area contributed by atoms with Crippen LogP contribution >= 0.6 is 0 Å². The fourth-order valence-electron chi connectivity index (χ4n) is 7.40. The second-order valence-electron chi connectivity index (χ2n) is 9.14. The number of ether oxygens (including phenoxy) is 1. The highest BCUT2D eigenvalue weighted by atomic mass is 16.6. The minimum Gasteiger partial charge on any atom is -0.459 e. The van der Waals surface area contributed by atoms with Crippen LogP contribution in [0.4, 0.5) is 0 Å². The molecule has 136 valence electrons. The molecule has 0 amide bonds. The summed E-state index contributed by atoms with van der Waals surface area (Å²) in [6.07, 6.45) is 7.91. The van der Waals surface area contributed by atoms with Gasteiger partial charge in [0.1, 0.15) is 18.3 Å². The Kier molecular flexibility index (Phi) is 3.20. The van der Waals surface area contributed by atoms with E-state index < -0.39 is 23.7 Å². The van der Waals surface area contributed by atoms with Crippen molar-refractivity contribution in [2.45, 2.75) is 70.7 Å². The standard InChI is InChI=1S/C21H28O4/c1-3-11-4-6-13-12-5-7-15-17(22)18(23)16-10-21(15,19(24)25-16)14(12)8-9-20(11,13)2/h3,7,12-14,16-18,22-23H,4-6,8-10H2,1-2H3. The fourth-order valence-corrected chi connectivity index (χ4v) is 7.40. The molecule has 1 saturated heterocycles. The molecule has 0 radical (unpaired) electrons. The Morgan fingerprint density at radius 2 is 2.08 bits per heavy atom. The summed E-state index contributed by atoms with van der Waals surface area (Å²) >= 11 is 0. The summed E-state index contributed by atoms with van der Waals surface area (Å²) < 4.78 is 5.55. The maximum absolute atomic E-state index is 13.0. The summed E-state index contributed by atoms with van der Waals surface area (Å²) in [7, 11) is 0. The van der Waals surface area contributed by atoms with E-state index >= 15 is 0 Å². The van der Waals surface area contributed by atoms with Crippen LogP contribution in [-0.4, -0.2) is 34.5 Å². The highest BCUT2D eigenvalue weighted by Crippen LogP contribution is 2.67. The molecule has 5 rings (SSSR count). The number of hydrogen-bond acceptors (Lipinski definition) is 4. The topological polar surface area (TPSA) is 66.8 Å². The number of aliphatic hydroxyl groups is 2. The molecule has 1 aliphatic heterocycles. The van der Waals surface area contributed by atoms with E-state index in [1.165, 1.54) is 12.8 Å². The smallest absolute Gasteiger partial charge is 0.317 e. The lowest BCUT2D eigenvalue weighted by Crippen LogP contribution is -2.56. The zero-order valence-corrected chi connectivity index (χ0v) is 15.1. The van der Waals surface area contributed by atoms with Crippen molar-refractivity contribution in [2.75, 3.05) is 0 Å². The van der Waals surface area contributed by atoms with Gasteiger partial charge in [0, 0.05) is 6.42 Å². The lowest BCUT2D eigenvalue weighted by Gasteiger charge is -2.55. The van der Waals surface area contributed by atoms with Crippen LogP contribution in [0.2, 0.25) is 0 Å². The predicted octanol–water partition coefficient (Wildman–Crippen LogP) is 2.74. The molecule has 2 bridgehead atoms. The molecular formula is C21H28O4. The number of hydrogen-bond donors (Lipinski definition) is 2. The third-order valence-electron chi connectivity index (χ3n) is 8.56. The quantitative estimate of drug-likeness (QED) is 0.524. The molecule has 8 atom stereocenters. The summed E-state index contributed by atoms with van der Waals surface area (Å²) in [5, 5.41) is 20.9. The minimum absolute atomic E-state index is 0.193. The van der Waals surface area contributed by atoms with Gasteiger partial charge in [-0.3, -0.25) is 4.79 Å². The molecule has 0 aromatic carbocycles. The molecule has 4 nitrogen and oxygen atoms in total. The Morgan fingerprint density at radius 1 is 1.28 bits per heavy atom. The molecule has 0 aromatic rings. The van der Waals surface area contributed by atoms with Crippen LogP contribution in [0.25, 0.3) is 0 Å². The van der Waals surface area contributed by atoms with E-state index in [1.807, 2.05) is 0 Å². The van der Waals surface area contributed by atoms with Crippen molar-refractivity contribution in [2.24, 2.45) is 28.6 Å². The summed E-state index contributed by atoms with van der Waals surface area (Å²) in [6, 6.07) is 0. The van der Waals surface area contributed by atoms with Crippen molar-refractivity contribution < 1.29 is 19.7 Å². The van der Waals surface area contributed by atoms with Gasteiger partial charge in [0.05, 0.1) is 5.41 Å². The first-order valence-electron chi connectivity index (χ1n) is 9.87. The van der Waals surface area contributed by atoms with E-state index in [0.29, 0.717) is 18.3 Å². The van der Waals surface area contributed by atoms with Crippen LogP contribution in [0.5, 0.6) is 0 Å². The average molecular weight is 344 g/mol. The molecular weight excluding hydrogens is 316 g/mol. The number of esters is 1. The Labute approximate surface area is 148 Å². The van der Waals surface area contributed by atoms with Gasteiger partial charge in [-0.25, -0.2) is 0 Å². The van der Waals surface area contributed by atoms with Gasteiger partial charge in [0.25, 0.3) is 0 Å². The second kappa shape index (κ2) is 4.98. The Morgan fingerprint density at radius 3 is 2.84 bits per heavy atom. The van der Waals surface area contributed by atoms with Gasteiger partial charge in [0.2, 0.25) is 0 Å². The molecule has 2 N–H and O–H groups in total. The molecule has 0 aromatic heterocycles. The number of carbonyl (C=O) groups excluding carboxylic acids is 1. The molecule has 4 heteroatoms. The highest BCUT2D eigenvalue weighted by Gasteiger charge is 2.68. The van der Waals surface area contributed by atoms with E-state index in [2.05, 4.69) is 26.0 Å². The van der Waals surface area contributed by atoms with Crippen molar-refractivity contribution in [3.05, 3.63) is 23.3 Å². The van der Waals surface area contributed by atoms with Crippen molar-refractivity contribution in [3.8, 4) is 0 Å². The average Bonchev–Trinajstić information content (AvgIpc) is 3.09. The zero-order chi connectivity index (χ0) is 17.6. The molecule has 8 unspecified atom stereocenters. The van der Waals surface area contributed by atoms with E-state index in [-0.39, 0.29) is 17.3 Å². The van der Waals surface area contributed by atoms with Crippen LogP contribution in [0.3, 0.4) is 0 Å². The second-order valence-corrected chi connectivity index (χ2v) is 9.14. The lowest BCUT2D eigenvalue weighted by molar-refractivity contribution is -0.153. The first-order valence-corrected chi connectivity index (χ1v) is 9.87.